The monoisotopic (exact) mass is 275 g/mol. The van der Waals surface area contributed by atoms with Crippen LogP contribution < -0.4 is 10.6 Å². The average Bonchev–Trinajstić information content (AvgIpc) is 2.87. The molecule has 0 radical (unpaired) electrons. The Labute approximate surface area is 119 Å². The number of hydrogen-bond donors (Lipinski definition) is 2. The zero-order valence-corrected chi connectivity index (χ0v) is 12.0. The fourth-order valence-corrected chi connectivity index (χ4v) is 1.73. The minimum atomic E-state index is 0.473. The molecule has 20 heavy (non-hydrogen) atoms. The summed E-state index contributed by atoms with van der Waals surface area (Å²) >= 11 is 0. The zero-order chi connectivity index (χ0) is 14.2. The molecule has 0 spiro atoms. The van der Waals surface area contributed by atoms with E-state index in [0.717, 1.165) is 19.5 Å². The molecule has 2 aromatic heterocycles. The summed E-state index contributed by atoms with van der Waals surface area (Å²) in [5.41, 5.74) is 1.23. The number of nitrogens with zero attached hydrogens (tertiary/aromatic N) is 3. The molecule has 0 aliphatic rings. The van der Waals surface area contributed by atoms with E-state index in [0.29, 0.717) is 24.4 Å². The summed E-state index contributed by atoms with van der Waals surface area (Å²) in [5.74, 6) is 1.22. The van der Waals surface area contributed by atoms with Gasteiger partial charge in [0.1, 0.15) is 0 Å². The normalized spacial score (nSPS) is 10.9. The van der Waals surface area contributed by atoms with Crippen molar-refractivity contribution in [2.75, 3.05) is 18.4 Å². The summed E-state index contributed by atoms with van der Waals surface area (Å²) in [6.45, 7) is 6.62. The third-order valence-corrected chi connectivity index (χ3v) is 2.73. The lowest BCUT2D eigenvalue weighted by atomic mass is 10.2. The quantitative estimate of drug-likeness (QED) is 0.766. The second kappa shape index (κ2) is 7.59. The van der Waals surface area contributed by atoms with Crippen LogP contribution in [0.5, 0.6) is 0 Å². The highest BCUT2D eigenvalue weighted by atomic mass is 16.4. The van der Waals surface area contributed by atoms with Crippen LogP contribution in [-0.2, 0) is 13.0 Å². The lowest BCUT2D eigenvalue weighted by molar-refractivity contribution is 0.458. The van der Waals surface area contributed by atoms with Crippen molar-refractivity contribution in [1.29, 1.82) is 0 Å². The second-order valence-electron chi connectivity index (χ2n) is 5.06. The van der Waals surface area contributed by atoms with Crippen LogP contribution >= 0.6 is 0 Å². The minimum absolute atomic E-state index is 0.473. The lowest BCUT2D eigenvalue weighted by Crippen LogP contribution is -2.19. The average molecular weight is 275 g/mol. The van der Waals surface area contributed by atoms with Crippen LogP contribution in [0.4, 0.5) is 6.01 Å². The number of nitrogens with one attached hydrogen (secondary N) is 2. The molecule has 0 saturated heterocycles. The smallest absolute Gasteiger partial charge is 0.315 e. The molecule has 108 valence electrons. The first-order valence-electron chi connectivity index (χ1n) is 6.90. The van der Waals surface area contributed by atoms with E-state index in [1.54, 1.807) is 12.4 Å². The number of rotatable bonds is 8. The summed E-state index contributed by atoms with van der Waals surface area (Å²) in [4.78, 5) is 3.99. The van der Waals surface area contributed by atoms with Gasteiger partial charge >= 0.3 is 6.01 Å². The Morgan fingerprint density at radius 2 is 2.00 bits per heavy atom. The summed E-state index contributed by atoms with van der Waals surface area (Å²) in [6.07, 6.45) is 4.48. The first-order valence-corrected chi connectivity index (χ1v) is 6.90. The fourth-order valence-electron chi connectivity index (χ4n) is 1.73. The van der Waals surface area contributed by atoms with Gasteiger partial charge < -0.3 is 15.1 Å². The highest BCUT2D eigenvalue weighted by molar-refractivity contribution is 5.19. The molecular formula is C14H21N5O. The van der Waals surface area contributed by atoms with Gasteiger partial charge in [-0.15, -0.1) is 5.10 Å². The van der Waals surface area contributed by atoms with Crippen LogP contribution in [0, 0.1) is 5.92 Å². The van der Waals surface area contributed by atoms with Crippen molar-refractivity contribution in [3.63, 3.8) is 0 Å². The Morgan fingerprint density at radius 1 is 1.20 bits per heavy atom. The van der Waals surface area contributed by atoms with Gasteiger partial charge in [0.05, 0.1) is 6.54 Å². The van der Waals surface area contributed by atoms with Crippen LogP contribution in [0.3, 0.4) is 0 Å². The van der Waals surface area contributed by atoms with E-state index in [1.165, 1.54) is 5.56 Å². The van der Waals surface area contributed by atoms with E-state index >= 15 is 0 Å². The molecule has 6 heteroatoms. The van der Waals surface area contributed by atoms with Crippen LogP contribution in [0.25, 0.3) is 0 Å². The Balaban J connectivity index is 1.70. The topological polar surface area (TPSA) is 75.9 Å². The largest absolute Gasteiger partial charge is 0.407 e. The molecule has 0 aliphatic heterocycles. The molecule has 2 heterocycles. The molecule has 0 fully saturated rings. The first kappa shape index (κ1) is 14.5. The van der Waals surface area contributed by atoms with Crippen LogP contribution in [0.1, 0.15) is 25.3 Å². The molecular weight excluding hydrogens is 254 g/mol. The molecule has 6 nitrogen and oxygen atoms in total. The van der Waals surface area contributed by atoms with Crippen molar-refractivity contribution in [2.45, 2.75) is 26.8 Å². The van der Waals surface area contributed by atoms with Gasteiger partial charge in [0.15, 0.2) is 0 Å². The molecule has 0 amide bonds. The summed E-state index contributed by atoms with van der Waals surface area (Å²) in [5, 5.41) is 14.3. The number of aromatic nitrogens is 3. The van der Waals surface area contributed by atoms with E-state index in [9.17, 15) is 0 Å². The van der Waals surface area contributed by atoms with Gasteiger partial charge in [-0.2, -0.15) is 0 Å². The Kier molecular flexibility index (Phi) is 5.49. The number of hydrogen-bond acceptors (Lipinski definition) is 6. The minimum Gasteiger partial charge on any atom is -0.407 e. The molecule has 0 unspecified atom stereocenters. The Bertz CT molecular complexity index is 497. The van der Waals surface area contributed by atoms with E-state index in [1.807, 2.05) is 12.1 Å². The molecule has 0 aliphatic carbocycles. The fraction of sp³-hybridized carbons (Fsp3) is 0.500. The molecule has 2 aromatic rings. The van der Waals surface area contributed by atoms with Crippen molar-refractivity contribution >= 4 is 6.01 Å². The van der Waals surface area contributed by atoms with Crippen molar-refractivity contribution in [3.8, 4) is 0 Å². The van der Waals surface area contributed by atoms with Gasteiger partial charge in [-0.25, -0.2) is 0 Å². The van der Waals surface area contributed by atoms with Gasteiger partial charge in [-0.3, -0.25) is 4.98 Å². The van der Waals surface area contributed by atoms with Crippen molar-refractivity contribution in [2.24, 2.45) is 5.92 Å². The van der Waals surface area contributed by atoms with Gasteiger partial charge in [-0.05, 0) is 36.6 Å². The summed E-state index contributed by atoms with van der Waals surface area (Å²) in [6, 6.07) is 4.47. The highest BCUT2D eigenvalue weighted by Crippen LogP contribution is 2.06. The van der Waals surface area contributed by atoms with E-state index in [4.69, 9.17) is 4.42 Å². The predicted octanol–water partition coefficient (Wildman–Crippen LogP) is 1.86. The van der Waals surface area contributed by atoms with Crippen molar-refractivity contribution < 1.29 is 4.42 Å². The maximum Gasteiger partial charge on any atom is 0.315 e. The maximum atomic E-state index is 5.50. The van der Waals surface area contributed by atoms with E-state index in [2.05, 4.69) is 39.7 Å². The number of pyridine rings is 1. The third kappa shape index (κ3) is 4.97. The molecule has 0 bridgehead atoms. The standard InChI is InChI=1S/C14H21N5O/c1-11(2)9-16-10-13-18-19-14(20-13)17-8-5-12-3-6-15-7-4-12/h3-4,6-7,11,16H,5,8-10H2,1-2H3,(H,17,19). The van der Waals surface area contributed by atoms with Crippen LogP contribution in [0.15, 0.2) is 28.9 Å². The number of anilines is 1. The van der Waals surface area contributed by atoms with Gasteiger partial charge in [0.25, 0.3) is 0 Å². The molecule has 2 rings (SSSR count). The van der Waals surface area contributed by atoms with Gasteiger partial charge in [0.2, 0.25) is 5.89 Å². The van der Waals surface area contributed by atoms with Crippen molar-refractivity contribution in [1.82, 2.24) is 20.5 Å². The SMILES string of the molecule is CC(C)CNCc1nnc(NCCc2ccncc2)o1. The molecule has 0 saturated carbocycles. The summed E-state index contributed by atoms with van der Waals surface area (Å²) < 4.78 is 5.50. The summed E-state index contributed by atoms with van der Waals surface area (Å²) in [7, 11) is 0. The van der Waals surface area contributed by atoms with Crippen LogP contribution in [-0.4, -0.2) is 28.3 Å². The second-order valence-corrected chi connectivity index (χ2v) is 5.06. The van der Waals surface area contributed by atoms with Crippen LogP contribution in [0.2, 0.25) is 0 Å². The van der Waals surface area contributed by atoms with E-state index in [-0.39, 0.29) is 0 Å². The molecule has 0 aromatic carbocycles. The maximum absolute atomic E-state index is 5.50. The Hall–Kier alpha value is -1.95. The lowest BCUT2D eigenvalue weighted by Gasteiger charge is -2.04. The van der Waals surface area contributed by atoms with E-state index < -0.39 is 0 Å². The van der Waals surface area contributed by atoms with Gasteiger partial charge in [-0.1, -0.05) is 18.9 Å². The van der Waals surface area contributed by atoms with Gasteiger partial charge in [0, 0.05) is 18.9 Å². The first-order chi connectivity index (χ1) is 9.74. The third-order valence-electron chi connectivity index (χ3n) is 2.73. The highest BCUT2D eigenvalue weighted by Gasteiger charge is 2.05. The molecule has 2 N–H and O–H groups in total. The molecule has 0 atom stereocenters. The zero-order valence-electron chi connectivity index (χ0n) is 12.0. The Morgan fingerprint density at radius 3 is 2.75 bits per heavy atom. The van der Waals surface area contributed by atoms with Crippen molar-refractivity contribution in [3.05, 3.63) is 36.0 Å². The predicted molar refractivity (Wildman–Crippen MR) is 77.3 cm³/mol.